The first kappa shape index (κ1) is 18.6. The van der Waals surface area contributed by atoms with Crippen LogP contribution in [0.2, 0.25) is 0 Å². The minimum Gasteiger partial charge on any atom is -0.783 e. The minimum absolute atomic E-state index is 0. The summed E-state index contributed by atoms with van der Waals surface area (Å²) in [6.45, 7) is 3.87. The van der Waals surface area contributed by atoms with Crippen molar-refractivity contribution in [2.75, 3.05) is 0 Å². The summed E-state index contributed by atoms with van der Waals surface area (Å²) in [5.74, 6) is -0.788. The number of carbonyl (C=O) groups is 1. The summed E-state index contributed by atoms with van der Waals surface area (Å²) >= 11 is 4.58. The molecule has 0 radical (unpaired) electrons. The Morgan fingerprint density at radius 2 is 1.82 bits per heavy atom. The minimum atomic E-state index is -1.13. The van der Waals surface area contributed by atoms with Crippen LogP contribution in [-0.4, -0.2) is 11.2 Å². The predicted octanol–water partition coefficient (Wildman–Crippen LogP) is -6.29. The van der Waals surface area contributed by atoms with Gasteiger partial charge in [-0.3, -0.25) is 0 Å². The van der Waals surface area contributed by atoms with E-state index in [0.29, 0.717) is 12.3 Å². The van der Waals surface area contributed by atoms with Gasteiger partial charge in [0.15, 0.2) is 0 Å². The molecule has 0 amide bonds. The summed E-state index contributed by atoms with van der Waals surface area (Å²) in [7, 11) is 0. The van der Waals surface area contributed by atoms with Gasteiger partial charge in [0.1, 0.15) is 0 Å². The fourth-order valence-corrected chi connectivity index (χ4v) is 0.909. The number of carbonyl (C=O) groups excluding carboxylic acids is 1. The molecule has 2 nitrogen and oxygen atoms in total. The van der Waals surface area contributed by atoms with E-state index in [1.54, 1.807) is 0 Å². The Hall–Kier alpha value is 1.82. The van der Waals surface area contributed by atoms with Crippen LogP contribution in [0.3, 0.4) is 0 Å². The normalized spacial score (nSPS) is 11.3. The molecular weight excluding hydrogens is 182 g/mol. The Morgan fingerprint density at radius 1 is 1.45 bits per heavy atom. The molecule has 0 saturated carbocycles. The zero-order chi connectivity index (χ0) is 7.44. The molecule has 0 heterocycles. The number of rotatable bonds is 3. The Bertz CT molecular complexity index is 109. The van der Waals surface area contributed by atoms with Gasteiger partial charge < -0.3 is 22.5 Å². The van der Waals surface area contributed by atoms with Gasteiger partial charge >= 0.3 is 59.1 Å². The van der Waals surface area contributed by atoms with E-state index < -0.39 is 11.2 Å². The van der Waals surface area contributed by atoms with Crippen LogP contribution < -0.4 is 64.2 Å². The van der Waals surface area contributed by atoms with Crippen molar-refractivity contribution in [1.29, 1.82) is 0 Å². The van der Waals surface area contributed by atoms with Crippen LogP contribution in [0.5, 0.6) is 0 Å². The second kappa shape index (κ2) is 9.90. The topological polar surface area (TPSA) is 40.1 Å². The Labute approximate surface area is 118 Å². The maximum Gasteiger partial charge on any atom is 1.00 e. The maximum absolute atomic E-state index is 10.0. The van der Waals surface area contributed by atoms with E-state index in [9.17, 15) is 9.90 Å². The first-order valence-corrected chi connectivity index (χ1v) is 3.38. The zero-order valence-electron chi connectivity index (χ0n) is 7.59. The summed E-state index contributed by atoms with van der Waals surface area (Å²) in [4.78, 5) is 10.0. The summed E-state index contributed by atoms with van der Waals surface area (Å²) in [6, 6.07) is 0. The molecule has 0 unspecified atom stereocenters. The third-order valence-electron chi connectivity index (χ3n) is 0.948. The smallest absolute Gasteiger partial charge is 0.783 e. The molecule has 54 valence electrons. The van der Waals surface area contributed by atoms with Gasteiger partial charge in [-0.2, -0.15) is 0 Å². The maximum atomic E-state index is 10.0. The zero-order valence-corrected chi connectivity index (χ0v) is 12.4. The van der Waals surface area contributed by atoms with Crippen LogP contribution in [0, 0.1) is 5.92 Å². The van der Waals surface area contributed by atoms with E-state index >= 15 is 0 Å². The second-order valence-corrected chi connectivity index (χ2v) is 3.01. The van der Waals surface area contributed by atoms with Gasteiger partial charge in [-0.15, -0.1) is 5.25 Å². The van der Waals surface area contributed by atoms with Crippen LogP contribution in [0.4, 0.5) is 0 Å². The van der Waals surface area contributed by atoms with Crippen molar-refractivity contribution in [3.8, 4) is 0 Å². The molecule has 0 aromatic carbocycles. The quantitative estimate of drug-likeness (QED) is 0.330. The average Bonchev–Trinajstić information content (AvgIpc) is 1.63. The molecule has 0 spiro atoms. The molecule has 1 atom stereocenters. The first-order valence-electron chi connectivity index (χ1n) is 2.90. The van der Waals surface area contributed by atoms with E-state index in [0.717, 1.165) is 0 Å². The Balaban J connectivity index is -0.000000320. The van der Waals surface area contributed by atoms with Gasteiger partial charge in [-0.25, -0.2) is 0 Å². The van der Waals surface area contributed by atoms with Crippen molar-refractivity contribution in [3.63, 3.8) is 0 Å². The number of hydrogen-bond donors (Lipinski definition) is 0. The van der Waals surface area contributed by atoms with Gasteiger partial charge in [-0.05, 0) is 5.92 Å². The molecule has 5 heteroatoms. The molecule has 11 heavy (non-hydrogen) atoms. The van der Waals surface area contributed by atoms with Crippen LogP contribution >= 0.6 is 0 Å². The van der Waals surface area contributed by atoms with Crippen molar-refractivity contribution >= 4 is 18.6 Å². The molecule has 0 rings (SSSR count). The van der Waals surface area contributed by atoms with E-state index in [1.165, 1.54) is 0 Å². The number of carboxylic acid groups (broad SMARTS) is 1. The van der Waals surface area contributed by atoms with E-state index in [2.05, 4.69) is 12.6 Å². The number of carboxylic acids is 1. The van der Waals surface area contributed by atoms with E-state index in [4.69, 9.17) is 0 Å². The fraction of sp³-hybridized carbons (Fsp3) is 0.833. The van der Waals surface area contributed by atoms with Gasteiger partial charge in [0, 0.05) is 5.97 Å². The monoisotopic (exact) mass is 192 g/mol. The van der Waals surface area contributed by atoms with Crippen molar-refractivity contribution < 1.29 is 69.0 Å². The molecular formula is C6H10Na2O2S. The largest absolute Gasteiger partial charge is 1.00 e. The van der Waals surface area contributed by atoms with Crippen LogP contribution in [0.15, 0.2) is 0 Å². The molecule has 0 bridgehead atoms. The number of hydrogen-bond acceptors (Lipinski definition) is 3. The summed E-state index contributed by atoms with van der Waals surface area (Å²) in [5.41, 5.74) is 0. The Morgan fingerprint density at radius 3 is 1.91 bits per heavy atom. The molecule has 0 fully saturated rings. The van der Waals surface area contributed by atoms with Gasteiger partial charge in [-0.1, -0.05) is 20.3 Å². The van der Waals surface area contributed by atoms with Crippen molar-refractivity contribution in [1.82, 2.24) is 0 Å². The van der Waals surface area contributed by atoms with Crippen molar-refractivity contribution in [2.45, 2.75) is 25.5 Å². The third kappa shape index (κ3) is 11.8. The molecule has 0 aromatic rings. The summed E-state index contributed by atoms with van der Waals surface area (Å²) in [6.07, 6.45) is 0.525. The third-order valence-corrected chi connectivity index (χ3v) is 1.33. The SMILES string of the molecule is CC(C)C[C@@H]([S-])C(=O)[O-].[Na+].[Na+]. The van der Waals surface area contributed by atoms with Crippen LogP contribution in [0.25, 0.3) is 0 Å². The van der Waals surface area contributed by atoms with Gasteiger partial charge in [0.05, 0.1) is 0 Å². The second-order valence-electron chi connectivity index (χ2n) is 2.44. The molecule has 0 aliphatic rings. The van der Waals surface area contributed by atoms with Crippen LogP contribution in [-0.2, 0) is 17.4 Å². The Kier molecular flexibility index (Phi) is 16.7. The van der Waals surface area contributed by atoms with Gasteiger partial charge in [0.2, 0.25) is 0 Å². The molecule has 0 aromatic heterocycles. The summed E-state index contributed by atoms with van der Waals surface area (Å²) < 4.78 is 0. The van der Waals surface area contributed by atoms with E-state index in [1.807, 2.05) is 13.8 Å². The van der Waals surface area contributed by atoms with E-state index in [-0.39, 0.29) is 59.1 Å². The fourth-order valence-electron chi connectivity index (χ4n) is 0.524. The van der Waals surface area contributed by atoms with Crippen LogP contribution in [0.1, 0.15) is 20.3 Å². The van der Waals surface area contributed by atoms with Gasteiger partial charge in [0.25, 0.3) is 0 Å². The molecule has 0 aliphatic carbocycles. The first-order chi connectivity index (χ1) is 4.04. The summed E-state index contributed by atoms with van der Waals surface area (Å²) in [5, 5.41) is 9.30. The van der Waals surface area contributed by atoms with Crippen molar-refractivity contribution in [2.24, 2.45) is 5.92 Å². The standard InChI is InChI=1S/C6H12O2S.2Na/c1-4(2)3-5(9)6(7)8;;/h4-5,9H,3H2,1-2H3,(H,7,8);;/q;2*+1/p-2/t5-;;/m1../s1. The molecule has 0 saturated heterocycles. The molecule has 0 N–H and O–H groups in total. The average molecular weight is 192 g/mol. The number of aliphatic carboxylic acids is 1. The molecule has 0 aliphatic heterocycles. The van der Waals surface area contributed by atoms with Crippen molar-refractivity contribution in [3.05, 3.63) is 0 Å². The predicted molar refractivity (Wildman–Crippen MR) is 35.6 cm³/mol.